The number of amides is 1. The van der Waals surface area contributed by atoms with Crippen LogP contribution in [-0.2, 0) is 0 Å². The molecule has 0 saturated heterocycles. The van der Waals surface area contributed by atoms with Crippen molar-refractivity contribution in [2.24, 2.45) is 0 Å². The Kier molecular flexibility index (Phi) is 5.82. The van der Waals surface area contributed by atoms with Gasteiger partial charge in [0.15, 0.2) is 0 Å². The number of nitrogens with zero attached hydrogens (tertiary/aromatic N) is 2. The molecule has 0 bridgehead atoms. The summed E-state index contributed by atoms with van der Waals surface area (Å²) in [6, 6.07) is 7.71. The van der Waals surface area contributed by atoms with Crippen molar-refractivity contribution in [3.63, 3.8) is 0 Å². The number of methoxy groups -OCH3 is 1. The summed E-state index contributed by atoms with van der Waals surface area (Å²) in [4.78, 5) is 21.0. The number of anilines is 2. The fourth-order valence-electron chi connectivity index (χ4n) is 3.07. The molecule has 1 aromatic carbocycles. The van der Waals surface area contributed by atoms with Crippen molar-refractivity contribution in [3.05, 3.63) is 42.2 Å². The molecule has 1 amide bonds. The first-order valence-electron chi connectivity index (χ1n) is 8.79. The third-order valence-corrected chi connectivity index (χ3v) is 4.46. The molecule has 1 aromatic heterocycles. The van der Waals surface area contributed by atoms with Crippen molar-refractivity contribution >= 4 is 17.5 Å². The fourth-order valence-corrected chi connectivity index (χ4v) is 3.07. The first-order chi connectivity index (χ1) is 12.3. The molecule has 132 valence electrons. The molecule has 0 radical (unpaired) electrons. The van der Waals surface area contributed by atoms with Gasteiger partial charge in [0.2, 0.25) is 5.95 Å². The van der Waals surface area contributed by atoms with E-state index in [4.69, 9.17) is 4.74 Å². The minimum atomic E-state index is -0.259. The van der Waals surface area contributed by atoms with E-state index in [0.29, 0.717) is 29.0 Å². The quantitative estimate of drug-likeness (QED) is 0.808. The van der Waals surface area contributed by atoms with E-state index in [9.17, 15) is 4.79 Å². The second-order valence-electron chi connectivity index (χ2n) is 6.28. The van der Waals surface area contributed by atoms with E-state index in [1.54, 1.807) is 31.6 Å². The average molecular weight is 340 g/mol. The van der Waals surface area contributed by atoms with Crippen molar-refractivity contribution < 1.29 is 9.53 Å². The number of aromatic nitrogens is 2. The van der Waals surface area contributed by atoms with Crippen molar-refractivity contribution in [1.82, 2.24) is 9.97 Å². The Morgan fingerprint density at radius 3 is 2.44 bits per heavy atom. The highest BCUT2D eigenvalue weighted by Gasteiger charge is 2.14. The Hall–Kier alpha value is -2.63. The normalized spacial score (nSPS) is 15.2. The van der Waals surface area contributed by atoms with Gasteiger partial charge in [0.1, 0.15) is 5.75 Å². The molecule has 1 heterocycles. The topological polar surface area (TPSA) is 76.1 Å². The molecule has 0 aliphatic heterocycles. The number of carbonyl (C=O) groups is 1. The molecular formula is C19H24N4O2. The van der Waals surface area contributed by atoms with Crippen LogP contribution in [0.3, 0.4) is 0 Å². The van der Waals surface area contributed by atoms with Crippen LogP contribution in [0.4, 0.5) is 11.6 Å². The van der Waals surface area contributed by atoms with Gasteiger partial charge in [0.05, 0.1) is 18.4 Å². The van der Waals surface area contributed by atoms with Crippen molar-refractivity contribution in [2.45, 2.75) is 44.6 Å². The zero-order valence-electron chi connectivity index (χ0n) is 14.5. The van der Waals surface area contributed by atoms with Crippen molar-refractivity contribution in [1.29, 1.82) is 0 Å². The minimum Gasteiger partial charge on any atom is -0.495 e. The third kappa shape index (κ3) is 4.68. The van der Waals surface area contributed by atoms with Gasteiger partial charge >= 0.3 is 0 Å². The number of carbonyl (C=O) groups excluding carboxylic acids is 1. The van der Waals surface area contributed by atoms with Crippen LogP contribution in [-0.4, -0.2) is 29.0 Å². The molecule has 25 heavy (non-hydrogen) atoms. The van der Waals surface area contributed by atoms with Crippen LogP contribution in [0.1, 0.15) is 48.9 Å². The summed E-state index contributed by atoms with van der Waals surface area (Å²) in [5.74, 6) is 0.940. The molecule has 6 nitrogen and oxygen atoms in total. The highest BCUT2D eigenvalue weighted by atomic mass is 16.5. The standard InChI is InChI=1S/C19H24N4O2/c1-25-17-11-7-6-10-16(17)23-18(24)14-12-20-19(21-13-14)22-15-8-4-2-3-5-9-15/h6-7,10-13,15H,2-5,8-9H2,1H3,(H,23,24)(H,20,21,22). The lowest BCUT2D eigenvalue weighted by Crippen LogP contribution is -2.20. The third-order valence-electron chi connectivity index (χ3n) is 4.46. The van der Waals surface area contributed by atoms with Gasteiger partial charge in [-0.25, -0.2) is 9.97 Å². The maximum atomic E-state index is 12.4. The summed E-state index contributed by atoms with van der Waals surface area (Å²) in [6.45, 7) is 0. The molecule has 3 rings (SSSR count). The summed E-state index contributed by atoms with van der Waals surface area (Å²) < 4.78 is 5.24. The first kappa shape index (κ1) is 17.2. The Balaban J connectivity index is 1.62. The molecule has 6 heteroatoms. The molecule has 0 unspecified atom stereocenters. The average Bonchev–Trinajstić information content (AvgIpc) is 2.91. The highest BCUT2D eigenvalue weighted by molar-refractivity contribution is 6.04. The van der Waals surface area contributed by atoms with Gasteiger partial charge in [0.25, 0.3) is 5.91 Å². The summed E-state index contributed by atoms with van der Waals surface area (Å²) >= 11 is 0. The fraction of sp³-hybridized carbons (Fsp3) is 0.421. The van der Waals surface area contributed by atoms with E-state index in [2.05, 4.69) is 20.6 Å². The first-order valence-corrected chi connectivity index (χ1v) is 8.79. The number of ether oxygens (including phenoxy) is 1. The smallest absolute Gasteiger partial charge is 0.258 e. The van der Waals surface area contributed by atoms with Crippen LogP contribution >= 0.6 is 0 Å². The number of benzene rings is 1. The van der Waals surface area contributed by atoms with Gasteiger partial charge in [-0.05, 0) is 25.0 Å². The van der Waals surface area contributed by atoms with Crippen LogP contribution in [0.5, 0.6) is 5.75 Å². The summed E-state index contributed by atoms with van der Waals surface area (Å²) in [5.41, 5.74) is 1.04. The monoisotopic (exact) mass is 340 g/mol. The Morgan fingerprint density at radius 2 is 1.76 bits per heavy atom. The summed E-state index contributed by atoms with van der Waals surface area (Å²) in [5, 5.41) is 6.20. The lowest BCUT2D eigenvalue weighted by Gasteiger charge is -2.16. The van der Waals surface area contributed by atoms with Gasteiger partial charge in [0, 0.05) is 18.4 Å². The largest absolute Gasteiger partial charge is 0.495 e. The van der Waals surface area contributed by atoms with Crippen LogP contribution in [0, 0.1) is 0 Å². The van der Waals surface area contributed by atoms with Crippen LogP contribution in [0.15, 0.2) is 36.7 Å². The van der Waals surface area contributed by atoms with Gasteiger partial charge in [-0.15, -0.1) is 0 Å². The number of para-hydroxylation sites is 2. The predicted molar refractivity (Wildman–Crippen MR) is 98.1 cm³/mol. The van der Waals surface area contributed by atoms with E-state index in [0.717, 1.165) is 12.8 Å². The number of hydrogen-bond donors (Lipinski definition) is 2. The van der Waals surface area contributed by atoms with Crippen LogP contribution in [0.25, 0.3) is 0 Å². The van der Waals surface area contributed by atoms with E-state index in [1.165, 1.54) is 25.7 Å². The molecule has 2 aromatic rings. The van der Waals surface area contributed by atoms with E-state index in [1.807, 2.05) is 12.1 Å². The zero-order chi connectivity index (χ0) is 17.5. The lowest BCUT2D eigenvalue weighted by atomic mass is 10.1. The highest BCUT2D eigenvalue weighted by Crippen LogP contribution is 2.24. The molecule has 2 N–H and O–H groups in total. The molecule has 1 aliphatic carbocycles. The van der Waals surface area contributed by atoms with Gasteiger partial charge in [-0.1, -0.05) is 37.8 Å². The maximum absolute atomic E-state index is 12.4. The lowest BCUT2D eigenvalue weighted by molar-refractivity contribution is 0.102. The number of rotatable bonds is 5. The second-order valence-corrected chi connectivity index (χ2v) is 6.28. The zero-order valence-corrected chi connectivity index (χ0v) is 14.5. The van der Waals surface area contributed by atoms with Crippen molar-refractivity contribution in [3.8, 4) is 5.75 Å². The molecular weight excluding hydrogens is 316 g/mol. The van der Waals surface area contributed by atoms with Gasteiger partial charge in [-0.2, -0.15) is 0 Å². The maximum Gasteiger partial charge on any atom is 0.258 e. The Bertz CT molecular complexity index is 695. The Morgan fingerprint density at radius 1 is 1.08 bits per heavy atom. The molecule has 0 spiro atoms. The van der Waals surface area contributed by atoms with Crippen LogP contribution < -0.4 is 15.4 Å². The molecule has 1 saturated carbocycles. The second kappa shape index (κ2) is 8.46. The van der Waals surface area contributed by atoms with E-state index < -0.39 is 0 Å². The predicted octanol–water partition coefficient (Wildman–Crippen LogP) is 3.87. The summed E-state index contributed by atoms with van der Waals surface area (Å²) in [7, 11) is 1.57. The number of hydrogen-bond acceptors (Lipinski definition) is 5. The molecule has 1 fully saturated rings. The van der Waals surface area contributed by atoms with E-state index >= 15 is 0 Å². The van der Waals surface area contributed by atoms with Crippen molar-refractivity contribution in [2.75, 3.05) is 17.7 Å². The van der Waals surface area contributed by atoms with E-state index in [-0.39, 0.29) is 5.91 Å². The minimum absolute atomic E-state index is 0.259. The van der Waals surface area contributed by atoms with Gasteiger partial charge < -0.3 is 15.4 Å². The Labute approximate surface area is 148 Å². The molecule has 0 atom stereocenters. The SMILES string of the molecule is COc1ccccc1NC(=O)c1cnc(NC2CCCCCC2)nc1. The number of nitrogens with one attached hydrogen (secondary N) is 2. The van der Waals surface area contributed by atoms with Crippen LogP contribution in [0.2, 0.25) is 0 Å². The summed E-state index contributed by atoms with van der Waals surface area (Å²) in [6.07, 6.45) is 10.5. The molecule has 1 aliphatic rings. The van der Waals surface area contributed by atoms with Gasteiger partial charge in [-0.3, -0.25) is 4.79 Å².